The molecule has 1 unspecified atom stereocenters. The molecular formula is C14H22N4O. The van der Waals surface area contributed by atoms with Crippen molar-refractivity contribution in [1.29, 1.82) is 0 Å². The topological polar surface area (TPSA) is 59.0 Å². The Morgan fingerprint density at radius 1 is 1.37 bits per heavy atom. The van der Waals surface area contributed by atoms with Crippen LogP contribution in [-0.4, -0.2) is 28.3 Å². The van der Waals surface area contributed by atoms with Crippen LogP contribution in [-0.2, 0) is 11.3 Å². The second-order valence-electron chi connectivity index (χ2n) is 5.66. The second kappa shape index (κ2) is 5.74. The summed E-state index contributed by atoms with van der Waals surface area (Å²) in [6, 6.07) is 2.94. The lowest BCUT2D eigenvalue weighted by molar-refractivity contribution is -0.119. The first-order valence-electron chi connectivity index (χ1n) is 7.35. The molecule has 3 rings (SSSR count). The minimum Gasteiger partial charge on any atom is -0.354 e. The summed E-state index contributed by atoms with van der Waals surface area (Å²) in [7, 11) is 0. The molecule has 0 bridgehead atoms. The van der Waals surface area contributed by atoms with Gasteiger partial charge >= 0.3 is 0 Å². The number of nitrogens with one attached hydrogen (secondary N) is 2. The number of nitrogens with zero attached hydrogens (tertiary/aromatic N) is 2. The molecule has 2 heterocycles. The molecule has 1 saturated carbocycles. The zero-order valence-electron chi connectivity index (χ0n) is 11.3. The van der Waals surface area contributed by atoms with E-state index >= 15 is 0 Å². The van der Waals surface area contributed by atoms with Gasteiger partial charge in [0.05, 0.1) is 11.7 Å². The summed E-state index contributed by atoms with van der Waals surface area (Å²) in [5, 5.41) is 10.9. The van der Waals surface area contributed by atoms with Gasteiger partial charge in [-0.15, -0.1) is 0 Å². The predicted molar refractivity (Wildman–Crippen MR) is 72.6 cm³/mol. The van der Waals surface area contributed by atoms with Gasteiger partial charge in [-0.2, -0.15) is 5.10 Å². The predicted octanol–water partition coefficient (Wildman–Crippen LogP) is 1.37. The number of amides is 1. The molecule has 1 atom stereocenters. The Kier molecular flexibility index (Phi) is 3.82. The molecule has 19 heavy (non-hydrogen) atoms. The number of rotatable bonds is 4. The molecule has 5 nitrogen and oxygen atoms in total. The van der Waals surface area contributed by atoms with Crippen molar-refractivity contribution in [1.82, 2.24) is 20.4 Å². The first-order valence-corrected chi connectivity index (χ1v) is 7.35. The summed E-state index contributed by atoms with van der Waals surface area (Å²) in [6.07, 6.45) is 9.23. The van der Waals surface area contributed by atoms with Crippen LogP contribution in [0.15, 0.2) is 12.3 Å². The smallest absolute Gasteiger partial charge is 0.221 e. The molecule has 1 aromatic rings. The zero-order chi connectivity index (χ0) is 13.1. The Balaban J connectivity index is 1.51. The third kappa shape index (κ3) is 3.15. The molecule has 1 saturated heterocycles. The number of hydrogen-bond acceptors (Lipinski definition) is 3. The molecule has 0 aromatic carbocycles. The molecule has 1 amide bonds. The highest BCUT2D eigenvalue weighted by molar-refractivity contribution is 5.78. The average Bonchev–Trinajstić information content (AvgIpc) is 3.06. The molecule has 1 aromatic heterocycles. The standard InChI is InChI=1S/C14H22N4O/c19-14-8-12(10-16-14)15-9-11-6-7-18(17-11)13-4-2-1-3-5-13/h6-7,12-13,15H,1-5,8-10H2,(H,16,19). The number of hydrogen-bond donors (Lipinski definition) is 2. The quantitative estimate of drug-likeness (QED) is 0.861. The SMILES string of the molecule is O=C1CC(NCc2ccn(C3CCCCC3)n2)CN1. The van der Waals surface area contributed by atoms with Gasteiger partial charge in [0.15, 0.2) is 0 Å². The van der Waals surface area contributed by atoms with Crippen LogP contribution in [0.3, 0.4) is 0 Å². The fourth-order valence-electron chi connectivity index (χ4n) is 3.02. The minimum atomic E-state index is 0.144. The van der Waals surface area contributed by atoms with E-state index in [1.54, 1.807) is 0 Å². The van der Waals surface area contributed by atoms with Crippen LogP contribution >= 0.6 is 0 Å². The molecule has 2 fully saturated rings. The lowest BCUT2D eigenvalue weighted by atomic mass is 9.96. The van der Waals surface area contributed by atoms with E-state index in [0.29, 0.717) is 12.5 Å². The second-order valence-corrected chi connectivity index (χ2v) is 5.66. The lowest BCUT2D eigenvalue weighted by Gasteiger charge is -2.21. The summed E-state index contributed by atoms with van der Waals surface area (Å²) >= 11 is 0. The fraction of sp³-hybridized carbons (Fsp3) is 0.714. The van der Waals surface area contributed by atoms with E-state index < -0.39 is 0 Å². The van der Waals surface area contributed by atoms with E-state index in [-0.39, 0.29) is 11.9 Å². The molecule has 2 aliphatic rings. The van der Waals surface area contributed by atoms with E-state index in [0.717, 1.165) is 18.8 Å². The monoisotopic (exact) mass is 262 g/mol. The van der Waals surface area contributed by atoms with Crippen LogP contribution in [0.1, 0.15) is 50.3 Å². The van der Waals surface area contributed by atoms with E-state index in [4.69, 9.17) is 0 Å². The normalized spacial score (nSPS) is 24.6. The molecule has 1 aliphatic carbocycles. The van der Waals surface area contributed by atoms with E-state index in [1.807, 2.05) is 0 Å². The average molecular weight is 262 g/mol. The molecule has 0 spiro atoms. The van der Waals surface area contributed by atoms with Crippen LogP contribution in [0.4, 0.5) is 0 Å². The van der Waals surface area contributed by atoms with Gasteiger partial charge in [0.1, 0.15) is 0 Å². The van der Waals surface area contributed by atoms with Gasteiger partial charge in [0.25, 0.3) is 0 Å². The van der Waals surface area contributed by atoms with Crippen molar-refractivity contribution in [3.63, 3.8) is 0 Å². The van der Waals surface area contributed by atoms with E-state index in [1.165, 1.54) is 32.1 Å². The highest BCUT2D eigenvalue weighted by Crippen LogP contribution is 2.27. The van der Waals surface area contributed by atoms with Crippen LogP contribution in [0.25, 0.3) is 0 Å². The van der Waals surface area contributed by atoms with Crippen molar-refractivity contribution < 1.29 is 4.79 Å². The molecular weight excluding hydrogens is 240 g/mol. The molecule has 104 valence electrons. The fourth-order valence-corrected chi connectivity index (χ4v) is 3.02. The summed E-state index contributed by atoms with van der Waals surface area (Å²) < 4.78 is 2.13. The maximum absolute atomic E-state index is 11.1. The first-order chi connectivity index (χ1) is 9.31. The third-order valence-electron chi connectivity index (χ3n) is 4.16. The van der Waals surface area contributed by atoms with Gasteiger partial charge in [0.2, 0.25) is 5.91 Å². The minimum absolute atomic E-state index is 0.144. The maximum Gasteiger partial charge on any atom is 0.221 e. The van der Waals surface area contributed by atoms with Crippen LogP contribution < -0.4 is 10.6 Å². The van der Waals surface area contributed by atoms with Crippen LogP contribution in [0.2, 0.25) is 0 Å². The highest BCUT2D eigenvalue weighted by atomic mass is 16.1. The molecule has 1 aliphatic heterocycles. The van der Waals surface area contributed by atoms with Gasteiger partial charge in [-0.05, 0) is 18.9 Å². The number of aromatic nitrogens is 2. The van der Waals surface area contributed by atoms with Crippen molar-refractivity contribution in [3.8, 4) is 0 Å². The highest BCUT2D eigenvalue weighted by Gasteiger charge is 2.21. The van der Waals surface area contributed by atoms with Gasteiger partial charge in [-0.25, -0.2) is 0 Å². The first kappa shape index (κ1) is 12.7. The Labute approximate surface area is 113 Å². The van der Waals surface area contributed by atoms with Crippen LogP contribution in [0, 0.1) is 0 Å². The van der Waals surface area contributed by atoms with Crippen molar-refractivity contribution in [2.45, 2.75) is 57.2 Å². The third-order valence-corrected chi connectivity index (χ3v) is 4.16. The van der Waals surface area contributed by atoms with Crippen molar-refractivity contribution in [3.05, 3.63) is 18.0 Å². The number of carbonyl (C=O) groups is 1. The number of carbonyl (C=O) groups excluding carboxylic acids is 1. The van der Waals surface area contributed by atoms with Crippen molar-refractivity contribution in [2.75, 3.05) is 6.54 Å². The van der Waals surface area contributed by atoms with E-state index in [2.05, 4.69) is 32.7 Å². The van der Waals surface area contributed by atoms with Crippen molar-refractivity contribution in [2.24, 2.45) is 0 Å². The molecule has 2 N–H and O–H groups in total. The van der Waals surface area contributed by atoms with Crippen LogP contribution in [0.5, 0.6) is 0 Å². The molecule has 0 radical (unpaired) electrons. The van der Waals surface area contributed by atoms with Crippen molar-refractivity contribution >= 4 is 5.91 Å². The summed E-state index contributed by atoms with van der Waals surface area (Å²) in [5.74, 6) is 0.144. The van der Waals surface area contributed by atoms with Gasteiger partial charge in [0, 0.05) is 31.7 Å². The Bertz CT molecular complexity index is 436. The Hall–Kier alpha value is -1.36. The lowest BCUT2D eigenvalue weighted by Crippen LogP contribution is -2.30. The largest absolute Gasteiger partial charge is 0.354 e. The summed E-state index contributed by atoms with van der Waals surface area (Å²) in [4.78, 5) is 11.1. The summed E-state index contributed by atoms with van der Waals surface area (Å²) in [6.45, 7) is 1.49. The van der Waals surface area contributed by atoms with Gasteiger partial charge < -0.3 is 10.6 Å². The Morgan fingerprint density at radius 3 is 2.95 bits per heavy atom. The molecule has 5 heteroatoms. The zero-order valence-corrected chi connectivity index (χ0v) is 11.3. The maximum atomic E-state index is 11.1. The van der Waals surface area contributed by atoms with Gasteiger partial charge in [-0.3, -0.25) is 9.48 Å². The van der Waals surface area contributed by atoms with E-state index in [9.17, 15) is 4.79 Å². The van der Waals surface area contributed by atoms with Gasteiger partial charge in [-0.1, -0.05) is 19.3 Å². The Morgan fingerprint density at radius 2 is 2.21 bits per heavy atom. The summed E-state index contributed by atoms with van der Waals surface area (Å²) in [5.41, 5.74) is 1.07.